The summed E-state index contributed by atoms with van der Waals surface area (Å²) < 4.78 is 32.0. The summed E-state index contributed by atoms with van der Waals surface area (Å²) in [6.07, 6.45) is 0. The normalized spacial score (nSPS) is 11.5. The van der Waals surface area contributed by atoms with Gasteiger partial charge in [-0.1, -0.05) is 18.2 Å². The lowest BCUT2D eigenvalue weighted by Crippen LogP contribution is -2.13. The number of fused-ring (bicyclic) bond motifs is 1. The van der Waals surface area contributed by atoms with Crippen LogP contribution in [0.5, 0.6) is 5.75 Å². The van der Waals surface area contributed by atoms with Crippen molar-refractivity contribution < 1.29 is 22.9 Å². The molecule has 0 spiro atoms. The van der Waals surface area contributed by atoms with E-state index in [2.05, 4.69) is 5.32 Å². The van der Waals surface area contributed by atoms with Crippen LogP contribution in [0.4, 0.5) is 11.4 Å². The van der Waals surface area contributed by atoms with Gasteiger partial charge in [0.15, 0.2) is 0 Å². The Hall–Kier alpha value is -3.10. The number of phenols is 1. The van der Waals surface area contributed by atoms with Crippen LogP contribution in [0.3, 0.4) is 0 Å². The largest absolute Gasteiger partial charge is 0.507 e. The van der Waals surface area contributed by atoms with Crippen LogP contribution in [0.2, 0.25) is 0 Å². The number of amides is 1. The Morgan fingerprint density at radius 3 is 2.46 bits per heavy atom. The number of carbonyl (C=O) groups excluding carboxylic acids is 1. The Labute approximate surface area is 149 Å². The van der Waals surface area contributed by atoms with Gasteiger partial charge in [0.25, 0.3) is 16.0 Å². The summed E-state index contributed by atoms with van der Waals surface area (Å²) in [6.45, 7) is 1.82. The van der Waals surface area contributed by atoms with Crippen LogP contribution in [-0.2, 0) is 10.1 Å². The van der Waals surface area contributed by atoms with Crippen LogP contribution >= 0.6 is 0 Å². The maximum atomic E-state index is 12.5. The molecule has 134 valence electrons. The molecular weight excluding hydrogens is 356 g/mol. The second kappa shape index (κ2) is 6.32. The standard InChI is InChI=1S/C18H16N2O5S/c1-10-5-6-11(7-15(10)19)18(22)20-16-4-2-3-13-14(16)8-12(9-17(13)21)26(23,24)25/h2-9,21H,19H2,1H3,(H,20,22)(H,23,24,25). The summed E-state index contributed by atoms with van der Waals surface area (Å²) >= 11 is 0. The third kappa shape index (κ3) is 3.32. The number of nitrogens with one attached hydrogen (secondary N) is 1. The van der Waals surface area contributed by atoms with Crippen LogP contribution < -0.4 is 11.1 Å². The number of aryl methyl sites for hydroxylation is 1. The first-order valence-corrected chi connectivity index (χ1v) is 9.01. The van der Waals surface area contributed by atoms with Gasteiger partial charge in [-0.15, -0.1) is 0 Å². The molecule has 5 N–H and O–H groups in total. The first-order valence-electron chi connectivity index (χ1n) is 7.57. The van der Waals surface area contributed by atoms with Crippen LogP contribution in [0.15, 0.2) is 53.4 Å². The zero-order valence-corrected chi connectivity index (χ0v) is 14.5. The third-order valence-corrected chi connectivity index (χ3v) is 4.87. The van der Waals surface area contributed by atoms with Crippen molar-refractivity contribution in [3.8, 4) is 5.75 Å². The van der Waals surface area contributed by atoms with E-state index in [1.807, 2.05) is 6.92 Å². The highest BCUT2D eigenvalue weighted by Gasteiger charge is 2.16. The SMILES string of the molecule is Cc1ccc(C(=O)Nc2cccc3c(O)cc(S(=O)(=O)O)cc23)cc1N. The van der Waals surface area contributed by atoms with Crippen molar-refractivity contribution in [2.75, 3.05) is 11.1 Å². The number of rotatable bonds is 3. The molecule has 26 heavy (non-hydrogen) atoms. The zero-order chi connectivity index (χ0) is 19.1. The van der Waals surface area contributed by atoms with E-state index >= 15 is 0 Å². The predicted molar refractivity (Wildman–Crippen MR) is 99.0 cm³/mol. The fraction of sp³-hybridized carbons (Fsp3) is 0.0556. The van der Waals surface area contributed by atoms with Crippen LogP contribution in [0.25, 0.3) is 10.8 Å². The zero-order valence-electron chi connectivity index (χ0n) is 13.7. The molecule has 0 unspecified atom stereocenters. The van der Waals surface area contributed by atoms with Gasteiger partial charge in [-0.05, 0) is 36.8 Å². The minimum Gasteiger partial charge on any atom is -0.507 e. The summed E-state index contributed by atoms with van der Waals surface area (Å²) in [4.78, 5) is 12.0. The number of nitrogen functional groups attached to an aromatic ring is 1. The van der Waals surface area contributed by atoms with Gasteiger partial charge in [0.2, 0.25) is 0 Å². The summed E-state index contributed by atoms with van der Waals surface area (Å²) in [6, 6.07) is 11.7. The third-order valence-electron chi connectivity index (χ3n) is 4.04. The molecule has 1 amide bonds. The number of hydrogen-bond donors (Lipinski definition) is 4. The maximum absolute atomic E-state index is 12.5. The molecule has 3 rings (SSSR count). The van der Waals surface area contributed by atoms with E-state index in [0.717, 1.165) is 11.6 Å². The van der Waals surface area contributed by atoms with Crippen molar-refractivity contribution in [3.05, 3.63) is 59.7 Å². The van der Waals surface area contributed by atoms with Gasteiger partial charge < -0.3 is 16.2 Å². The molecule has 7 nitrogen and oxygen atoms in total. The van der Waals surface area contributed by atoms with E-state index in [1.165, 1.54) is 12.1 Å². The Bertz CT molecular complexity index is 1140. The number of nitrogens with two attached hydrogens (primary N) is 1. The van der Waals surface area contributed by atoms with Crippen LogP contribution in [-0.4, -0.2) is 24.0 Å². The lowest BCUT2D eigenvalue weighted by Gasteiger charge is -2.12. The second-order valence-corrected chi connectivity index (χ2v) is 7.27. The Morgan fingerprint density at radius 2 is 1.81 bits per heavy atom. The summed E-state index contributed by atoms with van der Waals surface area (Å²) in [5, 5.41) is 13.3. The molecule has 0 bridgehead atoms. The minimum absolute atomic E-state index is 0.272. The molecule has 3 aromatic carbocycles. The fourth-order valence-corrected chi connectivity index (χ4v) is 3.10. The van der Waals surface area contributed by atoms with Gasteiger partial charge in [0.05, 0.1) is 4.90 Å². The van der Waals surface area contributed by atoms with Crippen molar-refractivity contribution >= 4 is 38.2 Å². The maximum Gasteiger partial charge on any atom is 0.294 e. The monoisotopic (exact) mass is 372 g/mol. The molecule has 0 atom stereocenters. The van der Waals surface area contributed by atoms with E-state index in [1.54, 1.807) is 30.3 Å². The van der Waals surface area contributed by atoms with Crippen molar-refractivity contribution in [2.24, 2.45) is 0 Å². The lowest BCUT2D eigenvalue weighted by atomic mass is 10.1. The molecule has 0 fully saturated rings. The lowest BCUT2D eigenvalue weighted by molar-refractivity contribution is 0.102. The van der Waals surface area contributed by atoms with E-state index in [-0.39, 0.29) is 16.8 Å². The molecule has 0 aliphatic rings. The van der Waals surface area contributed by atoms with Gasteiger partial charge in [-0.25, -0.2) is 0 Å². The van der Waals surface area contributed by atoms with E-state index in [4.69, 9.17) is 5.73 Å². The average Bonchev–Trinajstić information content (AvgIpc) is 2.57. The quantitative estimate of drug-likeness (QED) is 0.413. The summed E-state index contributed by atoms with van der Waals surface area (Å²) in [7, 11) is -4.51. The van der Waals surface area contributed by atoms with Crippen molar-refractivity contribution in [1.29, 1.82) is 0 Å². The molecule has 0 saturated heterocycles. The first-order chi connectivity index (χ1) is 12.2. The van der Waals surface area contributed by atoms with E-state index in [0.29, 0.717) is 16.6 Å². The minimum atomic E-state index is -4.51. The highest BCUT2D eigenvalue weighted by Crippen LogP contribution is 2.33. The highest BCUT2D eigenvalue weighted by atomic mass is 32.2. The Morgan fingerprint density at radius 1 is 1.08 bits per heavy atom. The number of hydrogen-bond acceptors (Lipinski definition) is 5. The van der Waals surface area contributed by atoms with Gasteiger partial charge in [-0.3, -0.25) is 9.35 Å². The van der Waals surface area contributed by atoms with Crippen molar-refractivity contribution in [2.45, 2.75) is 11.8 Å². The molecule has 0 radical (unpaired) electrons. The highest BCUT2D eigenvalue weighted by molar-refractivity contribution is 7.85. The number of anilines is 2. The smallest absolute Gasteiger partial charge is 0.294 e. The van der Waals surface area contributed by atoms with E-state index < -0.39 is 20.9 Å². The average molecular weight is 372 g/mol. The second-order valence-electron chi connectivity index (χ2n) is 5.84. The van der Waals surface area contributed by atoms with Crippen molar-refractivity contribution in [1.82, 2.24) is 0 Å². The molecule has 0 aromatic heterocycles. The molecule has 0 aliphatic heterocycles. The Kier molecular flexibility index (Phi) is 4.31. The van der Waals surface area contributed by atoms with Crippen molar-refractivity contribution in [3.63, 3.8) is 0 Å². The molecule has 0 saturated carbocycles. The topological polar surface area (TPSA) is 130 Å². The summed E-state index contributed by atoms with van der Waals surface area (Å²) in [5.41, 5.74) is 7.76. The molecular formula is C18H16N2O5S. The number of benzene rings is 3. The molecule has 0 aliphatic carbocycles. The first kappa shape index (κ1) is 17.7. The summed E-state index contributed by atoms with van der Waals surface area (Å²) in [5.74, 6) is -0.772. The van der Waals surface area contributed by atoms with Crippen LogP contribution in [0.1, 0.15) is 15.9 Å². The molecule has 3 aromatic rings. The molecule has 0 heterocycles. The van der Waals surface area contributed by atoms with Gasteiger partial charge in [-0.2, -0.15) is 8.42 Å². The number of carbonyl (C=O) groups is 1. The van der Waals surface area contributed by atoms with Crippen LogP contribution in [0, 0.1) is 6.92 Å². The van der Waals surface area contributed by atoms with E-state index in [9.17, 15) is 22.9 Å². The predicted octanol–water partition coefficient (Wildman–Crippen LogP) is 2.94. The molecule has 8 heteroatoms. The van der Waals surface area contributed by atoms with Gasteiger partial charge in [0, 0.05) is 33.8 Å². The number of aromatic hydroxyl groups is 1. The Balaban J connectivity index is 2.08. The van der Waals surface area contributed by atoms with Gasteiger partial charge >= 0.3 is 0 Å². The fourth-order valence-electron chi connectivity index (χ4n) is 2.57. The number of phenolic OH excluding ortho intramolecular Hbond substituents is 1. The van der Waals surface area contributed by atoms with Gasteiger partial charge in [0.1, 0.15) is 5.75 Å².